The minimum Gasteiger partial charge on any atom is -0.496 e. The standard InChI is InChI=1S/C19H20BrNO2/c1-23-18-8-3-2-6-15(18)12-19(22)21(17-9-10-17)13-14-5-4-7-16(20)11-14/h2-8,11,17H,9-10,12-13H2,1H3. The summed E-state index contributed by atoms with van der Waals surface area (Å²) in [6.07, 6.45) is 2.59. The van der Waals surface area contributed by atoms with E-state index < -0.39 is 0 Å². The number of benzene rings is 2. The van der Waals surface area contributed by atoms with E-state index in [9.17, 15) is 4.79 Å². The average Bonchev–Trinajstić information content (AvgIpc) is 3.38. The molecule has 120 valence electrons. The van der Waals surface area contributed by atoms with E-state index in [4.69, 9.17) is 4.74 Å². The highest BCUT2D eigenvalue weighted by molar-refractivity contribution is 9.10. The number of amides is 1. The van der Waals surface area contributed by atoms with Gasteiger partial charge >= 0.3 is 0 Å². The first-order chi connectivity index (χ1) is 11.2. The molecule has 23 heavy (non-hydrogen) atoms. The van der Waals surface area contributed by atoms with Crippen LogP contribution in [-0.4, -0.2) is 24.0 Å². The second-order valence-corrected chi connectivity index (χ2v) is 6.79. The molecule has 0 atom stereocenters. The molecule has 1 aliphatic rings. The van der Waals surface area contributed by atoms with Gasteiger partial charge in [-0.25, -0.2) is 0 Å². The smallest absolute Gasteiger partial charge is 0.227 e. The summed E-state index contributed by atoms with van der Waals surface area (Å²) in [5, 5.41) is 0. The first-order valence-corrected chi connectivity index (χ1v) is 8.62. The Morgan fingerprint density at radius 3 is 2.70 bits per heavy atom. The van der Waals surface area contributed by atoms with Crippen LogP contribution in [0, 0.1) is 0 Å². The molecule has 0 radical (unpaired) electrons. The predicted molar refractivity (Wildman–Crippen MR) is 94.4 cm³/mol. The quantitative estimate of drug-likeness (QED) is 0.759. The lowest BCUT2D eigenvalue weighted by Gasteiger charge is -2.23. The van der Waals surface area contributed by atoms with Gasteiger partial charge in [0.2, 0.25) is 5.91 Å². The number of carbonyl (C=O) groups is 1. The van der Waals surface area contributed by atoms with Gasteiger partial charge in [0.1, 0.15) is 5.75 Å². The molecule has 3 rings (SSSR count). The van der Waals surface area contributed by atoms with Crippen LogP contribution in [0.1, 0.15) is 24.0 Å². The van der Waals surface area contributed by atoms with Crippen LogP contribution in [0.2, 0.25) is 0 Å². The Hall–Kier alpha value is -1.81. The number of hydrogen-bond acceptors (Lipinski definition) is 2. The van der Waals surface area contributed by atoms with Crippen LogP contribution in [0.3, 0.4) is 0 Å². The predicted octanol–water partition coefficient (Wildman–Crippen LogP) is 4.19. The van der Waals surface area contributed by atoms with Crippen LogP contribution in [0.5, 0.6) is 5.75 Å². The normalized spacial score (nSPS) is 13.7. The Morgan fingerprint density at radius 1 is 1.22 bits per heavy atom. The number of methoxy groups -OCH3 is 1. The molecule has 0 spiro atoms. The van der Waals surface area contributed by atoms with E-state index in [0.717, 1.165) is 34.2 Å². The lowest BCUT2D eigenvalue weighted by molar-refractivity contribution is -0.131. The van der Waals surface area contributed by atoms with Crippen LogP contribution in [-0.2, 0) is 17.8 Å². The van der Waals surface area contributed by atoms with Crippen molar-refractivity contribution >= 4 is 21.8 Å². The van der Waals surface area contributed by atoms with Crippen LogP contribution < -0.4 is 4.74 Å². The van der Waals surface area contributed by atoms with Crippen LogP contribution in [0.15, 0.2) is 53.0 Å². The summed E-state index contributed by atoms with van der Waals surface area (Å²) in [4.78, 5) is 14.8. The highest BCUT2D eigenvalue weighted by Gasteiger charge is 2.32. The van der Waals surface area contributed by atoms with Crippen molar-refractivity contribution in [3.8, 4) is 5.75 Å². The number of para-hydroxylation sites is 1. The van der Waals surface area contributed by atoms with Crippen molar-refractivity contribution in [1.29, 1.82) is 0 Å². The molecule has 1 fully saturated rings. The second kappa shape index (κ2) is 7.18. The molecule has 1 amide bonds. The Kier molecular flexibility index (Phi) is 5.01. The van der Waals surface area contributed by atoms with Crippen molar-refractivity contribution in [1.82, 2.24) is 4.90 Å². The molecule has 0 saturated heterocycles. The maximum Gasteiger partial charge on any atom is 0.227 e. The zero-order valence-corrected chi connectivity index (χ0v) is 14.8. The molecule has 0 N–H and O–H groups in total. The Balaban J connectivity index is 1.74. The Morgan fingerprint density at radius 2 is 2.00 bits per heavy atom. The second-order valence-electron chi connectivity index (χ2n) is 5.87. The number of ether oxygens (including phenoxy) is 1. The highest BCUT2D eigenvalue weighted by atomic mass is 79.9. The molecule has 2 aromatic carbocycles. The van der Waals surface area contributed by atoms with Crippen LogP contribution >= 0.6 is 15.9 Å². The fraction of sp³-hybridized carbons (Fsp3) is 0.316. The van der Waals surface area contributed by atoms with Crippen LogP contribution in [0.25, 0.3) is 0 Å². The summed E-state index contributed by atoms with van der Waals surface area (Å²) < 4.78 is 6.40. The van der Waals surface area contributed by atoms with Crippen molar-refractivity contribution < 1.29 is 9.53 Å². The zero-order chi connectivity index (χ0) is 16.2. The van der Waals surface area contributed by atoms with E-state index in [2.05, 4.69) is 28.1 Å². The summed E-state index contributed by atoms with van der Waals surface area (Å²) in [6.45, 7) is 0.665. The van der Waals surface area contributed by atoms with Gasteiger partial charge in [0.15, 0.2) is 0 Å². The third-order valence-corrected chi connectivity index (χ3v) is 4.58. The average molecular weight is 374 g/mol. The molecule has 0 unspecified atom stereocenters. The third-order valence-electron chi connectivity index (χ3n) is 4.08. The maximum atomic E-state index is 12.8. The monoisotopic (exact) mass is 373 g/mol. The summed E-state index contributed by atoms with van der Waals surface area (Å²) in [6, 6.07) is 16.3. The van der Waals surface area contributed by atoms with Gasteiger partial charge in [0.05, 0.1) is 13.5 Å². The SMILES string of the molecule is COc1ccccc1CC(=O)N(Cc1cccc(Br)c1)C1CC1. The lowest BCUT2D eigenvalue weighted by Crippen LogP contribution is -2.33. The molecule has 0 aromatic heterocycles. The number of rotatable bonds is 6. The van der Waals surface area contributed by atoms with Gasteiger partial charge in [0, 0.05) is 22.6 Å². The molecule has 4 heteroatoms. The first-order valence-electron chi connectivity index (χ1n) is 7.83. The molecule has 0 bridgehead atoms. The van der Waals surface area contributed by atoms with E-state index in [0.29, 0.717) is 19.0 Å². The van der Waals surface area contributed by atoms with Crippen molar-refractivity contribution in [3.05, 3.63) is 64.1 Å². The van der Waals surface area contributed by atoms with E-state index in [1.165, 1.54) is 0 Å². The van der Waals surface area contributed by atoms with Crippen molar-refractivity contribution in [3.63, 3.8) is 0 Å². The summed E-state index contributed by atoms with van der Waals surface area (Å²) in [5.41, 5.74) is 2.10. The lowest BCUT2D eigenvalue weighted by atomic mass is 10.1. The highest BCUT2D eigenvalue weighted by Crippen LogP contribution is 2.30. The number of carbonyl (C=O) groups excluding carboxylic acids is 1. The Bertz CT molecular complexity index is 697. The molecule has 2 aromatic rings. The molecular weight excluding hydrogens is 354 g/mol. The third kappa shape index (κ3) is 4.14. The van der Waals surface area contributed by atoms with Gasteiger partial charge in [-0.3, -0.25) is 4.79 Å². The van der Waals surface area contributed by atoms with Crippen molar-refractivity contribution in [2.75, 3.05) is 7.11 Å². The molecule has 1 aliphatic carbocycles. The van der Waals surface area contributed by atoms with Crippen molar-refractivity contribution in [2.45, 2.75) is 31.8 Å². The largest absolute Gasteiger partial charge is 0.496 e. The van der Waals surface area contributed by atoms with Gasteiger partial charge in [-0.1, -0.05) is 46.3 Å². The van der Waals surface area contributed by atoms with Gasteiger partial charge in [0.25, 0.3) is 0 Å². The van der Waals surface area contributed by atoms with Gasteiger partial charge < -0.3 is 9.64 Å². The zero-order valence-electron chi connectivity index (χ0n) is 13.2. The summed E-state index contributed by atoms with van der Waals surface area (Å²) >= 11 is 3.49. The van der Waals surface area contributed by atoms with Crippen molar-refractivity contribution in [2.24, 2.45) is 0 Å². The molecule has 0 aliphatic heterocycles. The van der Waals surface area contributed by atoms with Crippen LogP contribution in [0.4, 0.5) is 0 Å². The number of halogens is 1. The van der Waals surface area contributed by atoms with E-state index in [-0.39, 0.29) is 5.91 Å². The molecule has 3 nitrogen and oxygen atoms in total. The number of hydrogen-bond donors (Lipinski definition) is 0. The van der Waals surface area contributed by atoms with E-state index in [1.807, 2.05) is 41.3 Å². The fourth-order valence-corrected chi connectivity index (χ4v) is 3.20. The first kappa shape index (κ1) is 16.1. The summed E-state index contributed by atoms with van der Waals surface area (Å²) in [5.74, 6) is 0.941. The van der Waals surface area contributed by atoms with Gasteiger partial charge in [-0.05, 0) is 36.6 Å². The van der Waals surface area contributed by atoms with E-state index in [1.54, 1.807) is 7.11 Å². The van der Waals surface area contributed by atoms with Gasteiger partial charge in [-0.15, -0.1) is 0 Å². The molecular formula is C19H20BrNO2. The fourth-order valence-electron chi connectivity index (χ4n) is 2.75. The summed E-state index contributed by atoms with van der Waals surface area (Å²) in [7, 11) is 1.64. The maximum absolute atomic E-state index is 12.8. The number of nitrogens with zero attached hydrogens (tertiary/aromatic N) is 1. The topological polar surface area (TPSA) is 29.5 Å². The van der Waals surface area contributed by atoms with Gasteiger partial charge in [-0.2, -0.15) is 0 Å². The minimum absolute atomic E-state index is 0.164. The molecule has 0 heterocycles. The molecule has 1 saturated carbocycles. The van der Waals surface area contributed by atoms with E-state index >= 15 is 0 Å². The Labute approximate surface area is 145 Å². The minimum atomic E-state index is 0.164.